The van der Waals surface area contributed by atoms with Crippen LogP contribution in [0.5, 0.6) is 0 Å². The van der Waals surface area contributed by atoms with Crippen molar-refractivity contribution in [3.8, 4) is 0 Å². The Morgan fingerprint density at radius 2 is 2.05 bits per heavy atom. The highest BCUT2D eigenvalue weighted by Gasteiger charge is 2.34. The van der Waals surface area contributed by atoms with E-state index in [-0.39, 0.29) is 0 Å². The van der Waals surface area contributed by atoms with Crippen LogP contribution in [-0.4, -0.2) is 41.8 Å². The average molecular weight is 275 g/mol. The Morgan fingerprint density at radius 3 is 2.80 bits per heavy atom. The topological polar surface area (TPSA) is 49.8 Å². The lowest BCUT2D eigenvalue weighted by Crippen LogP contribution is -2.48. The normalized spacial score (nSPS) is 30.8. The van der Waals surface area contributed by atoms with Crippen molar-refractivity contribution in [2.24, 2.45) is 0 Å². The first kappa shape index (κ1) is 13.6. The molecule has 3 atom stereocenters. The maximum atomic E-state index is 11.1. The molecular formula is C16H21NO3. The number of hydrogen-bond acceptors (Lipinski definition) is 3. The highest BCUT2D eigenvalue weighted by molar-refractivity contribution is 5.72. The van der Waals surface area contributed by atoms with Crippen LogP contribution in [0.2, 0.25) is 0 Å². The van der Waals surface area contributed by atoms with Crippen molar-refractivity contribution in [3.63, 3.8) is 0 Å². The van der Waals surface area contributed by atoms with E-state index < -0.39 is 12.1 Å². The highest BCUT2D eigenvalue weighted by Crippen LogP contribution is 2.40. The molecule has 4 nitrogen and oxygen atoms in total. The number of ether oxygens (including phenoxy) is 1. The van der Waals surface area contributed by atoms with Crippen LogP contribution in [0.15, 0.2) is 24.3 Å². The number of carbonyl (C=O) groups is 1. The van der Waals surface area contributed by atoms with Gasteiger partial charge in [0.1, 0.15) is 0 Å². The molecule has 1 aliphatic heterocycles. The molecule has 108 valence electrons. The number of fused-ring (bicyclic) bond motifs is 1. The molecule has 3 rings (SSSR count). The quantitative estimate of drug-likeness (QED) is 0.900. The molecule has 1 aromatic rings. The number of carboxylic acid groups (broad SMARTS) is 1. The van der Waals surface area contributed by atoms with Gasteiger partial charge in [-0.05, 0) is 29.9 Å². The molecule has 1 fully saturated rings. The van der Waals surface area contributed by atoms with Gasteiger partial charge in [-0.2, -0.15) is 0 Å². The summed E-state index contributed by atoms with van der Waals surface area (Å²) in [4.78, 5) is 13.4. The summed E-state index contributed by atoms with van der Waals surface area (Å²) in [6.45, 7) is 4.08. The zero-order chi connectivity index (χ0) is 14.1. The molecule has 1 N–H and O–H groups in total. The van der Waals surface area contributed by atoms with Gasteiger partial charge < -0.3 is 9.84 Å². The van der Waals surface area contributed by atoms with E-state index in [0.717, 1.165) is 19.4 Å². The predicted molar refractivity (Wildman–Crippen MR) is 75.8 cm³/mol. The summed E-state index contributed by atoms with van der Waals surface area (Å²) in [6, 6.07) is 8.92. The number of aliphatic carboxylic acids is 1. The van der Waals surface area contributed by atoms with Crippen molar-refractivity contribution >= 4 is 5.97 Å². The van der Waals surface area contributed by atoms with Gasteiger partial charge in [-0.3, -0.25) is 4.90 Å². The third-order valence-electron chi connectivity index (χ3n) is 4.57. The SMILES string of the molecule is CC1CCC(N2CCOC(C(=O)O)C2)c2ccccc21. The summed E-state index contributed by atoms with van der Waals surface area (Å²) in [6.07, 6.45) is 1.58. The van der Waals surface area contributed by atoms with Crippen LogP contribution in [0.25, 0.3) is 0 Å². The van der Waals surface area contributed by atoms with Gasteiger partial charge in [0.25, 0.3) is 0 Å². The number of nitrogens with zero attached hydrogens (tertiary/aromatic N) is 1. The number of carboxylic acids is 1. The minimum atomic E-state index is -0.854. The van der Waals surface area contributed by atoms with E-state index in [1.54, 1.807) is 0 Å². The van der Waals surface area contributed by atoms with Crippen molar-refractivity contribution in [2.45, 2.75) is 37.8 Å². The van der Waals surface area contributed by atoms with Crippen LogP contribution in [-0.2, 0) is 9.53 Å². The smallest absolute Gasteiger partial charge is 0.334 e. The third-order valence-corrected chi connectivity index (χ3v) is 4.57. The van der Waals surface area contributed by atoms with E-state index in [2.05, 4.69) is 36.1 Å². The summed E-state index contributed by atoms with van der Waals surface area (Å²) in [5.41, 5.74) is 2.79. The molecule has 1 aliphatic carbocycles. The van der Waals surface area contributed by atoms with Crippen LogP contribution in [0, 0.1) is 0 Å². The molecule has 0 amide bonds. The minimum Gasteiger partial charge on any atom is -0.479 e. The number of benzene rings is 1. The van der Waals surface area contributed by atoms with Gasteiger partial charge in [0.2, 0.25) is 0 Å². The average Bonchev–Trinajstić information content (AvgIpc) is 2.48. The lowest BCUT2D eigenvalue weighted by atomic mass is 9.80. The molecular weight excluding hydrogens is 254 g/mol. The number of hydrogen-bond donors (Lipinski definition) is 1. The van der Waals surface area contributed by atoms with Crippen LogP contribution in [0.4, 0.5) is 0 Å². The van der Waals surface area contributed by atoms with Crippen LogP contribution in [0.1, 0.15) is 42.9 Å². The molecule has 0 bridgehead atoms. The Bertz CT molecular complexity index is 502. The Morgan fingerprint density at radius 1 is 1.30 bits per heavy atom. The lowest BCUT2D eigenvalue weighted by Gasteiger charge is -2.41. The first-order chi connectivity index (χ1) is 9.66. The predicted octanol–water partition coefficient (Wildman–Crippen LogP) is 2.41. The van der Waals surface area contributed by atoms with Gasteiger partial charge in [0, 0.05) is 19.1 Å². The molecule has 1 heterocycles. The standard InChI is InChI=1S/C16H21NO3/c1-11-6-7-14(13-5-3-2-4-12(11)13)17-8-9-20-15(10-17)16(18)19/h2-5,11,14-15H,6-10H2,1H3,(H,18,19). The van der Waals surface area contributed by atoms with Crippen molar-refractivity contribution in [3.05, 3.63) is 35.4 Å². The maximum absolute atomic E-state index is 11.1. The second-order valence-electron chi connectivity index (χ2n) is 5.82. The van der Waals surface area contributed by atoms with Gasteiger partial charge in [-0.15, -0.1) is 0 Å². The lowest BCUT2D eigenvalue weighted by molar-refractivity contribution is -0.157. The Kier molecular flexibility index (Phi) is 3.76. The zero-order valence-corrected chi connectivity index (χ0v) is 11.8. The third kappa shape index (κ3) is 2.45. The fraction of sp³-hybridized carbons (Fsp3) is 0.562. The number of morpholine rings is 1. The molecule has 20 heavy (non-hydrogen) atoms. The molecule has 2 aliphatic rings. The van der Waals surface area contributed by atoms with E-state index in [1.807, 2.05) is 0 Å². The molecule has 0 radical (unpaired) electrons. The van der Waals surface area contributed by atoms with E-state index in [9.17, 15) is 4.79 Å². The Labute approximate surface area is 119 Å². The summed E-state index contributed by atoms with van der Waals surface area (Å²) in [5.74, 6) is -0.258. The van der Waals surface area contributed by atoms with E-state index in [0.29, 0.717) is 25.1 Å². The van der Waals surface area contributed by atoms with Gasteiger partial charge in [0.05, 0.1) is 6.61 Å². The van der Waals surface area contributed by atoms with E-state index in [4.69, 9.17) is 9.84 Å². The van der Waals surface area contributed by atoms with Crippen molar-refractivity contribution in [1.29, 1.82) is 0 Å². The first-order valence-electron chi connectivity index (χ1n) is 7.34. The Hall–Kier alpha value is -1.39. The van der Waals surface area contributed by atoms with Gasteiger partial charge in [-0.25, -0.2) is 4.79 Å². The largest absolute Gasteiger partial charge is 0.479 e. The second-order valence-corrected chi connectivity index (χ2v) is 5.82. The summed E-state index contributed by atoms with van der Waals surface area (Å²) in [7, 11) is 0. The molecule has 3 unspecified atom stereocenters. The maximum Gasteiger partial charge on any atom is 0.334 e. The summed E-state index contributed by atoms with van der Waals surface area (Å²) >= 11 is 0. The number of rotatable bonds is 2. The Balaban J connectivity index is 1.84. The highest BCUT2D eigenvalue weighted by atomic mass is 16.5. The fourth-order valence-electron chi connectivity index (χ4n) is 3.46. The van der Waals surface area contributed by atoms with Crippen LogP contribution in [0.3, 0.4) is 0 Å². The molecule has 4 heteroatoms. The monoisotopic (exact) mass is 275 g/mol. The molecule has 0 spiro atoms. The van der Waals surface area contributed by atoms with E-state index in [1.165, 1.54) is 11.1 Å². The minimum absolute atomic E-state index is 0.341. The fourth-order valence-corrected chi connectivity index (χ4v) is 3.46. The second kappa shape index (κ2) is 5.54. The van der Waals surface area contributed by atoms with Crippen molar-refractivity contribution in [2.75, 3.05) is 19.7 Å². The molecule has 1 saturated heterocycles. The van der Waals surface area contributed by atoms with Crippen molar-refractivity contribution < 1.29 is 14.6 Å². The molecule has 0 aromatic heterocycles. The van der Waals surface area contributed by atoms with Gasteiger partial charge >= 0.3 is 5.97 Å². The van der Waals surface area contributed by atoms with Crippen LogP contribution < -0.4 is 0 Å². The molecule has 1 aromatic carbocycles. The van der Waals surface area contributed by atoms with Crippen molar-refractivity contribution in [1.82, 2.24) is 4.90 Å². The summed E-state index contributed by atoms with van der Waals surface area (Å²) in [5, 5.41) is 9.14. The zero-order valence-electron chi connectivity index (χ0n) is 11.8. The summed E-state index contributed by atoms with van der Waals surface area (Å²) < 4.78 is 5.33. The van der Waals surface area contributed by atoms with Crippen LogP contribution >= 0.6 is 0 Å². The first-order valence-corrected chi connectivity index (χ1v) is 7.34. The molecule has 0 saturated carbocycles. The van der Waals surface area contributed by atoms with Gasteiger partial charge in [-0.1, -0.05) is 31.2 Å². The van der Waals surface area contributed by atoms with E-state index >= 15 is 0 Å². The van der Waals surface area contributed by atoms with Gasteiger partial charge in [0.15, 0.2) is 6.10 Å².